The molecule has 1 aliphatic rings. The van der Waals surface area contributed by atoms with Crippen molar-refractivity contribution >= 4 is 9.84 Å². The summed E-state index contributed by atoms with van der Waals surface area (Å²) >= 11 is 0. The summed E-state index contributed by atoms with van der Waals surface area (Å²) in [7, 11) is -2.94. The lowest BCUT2D eigenvalue weighted by molar-refractivity contribution is 0.476. The second-order valence-corrected chi connectivity index (χ2v) is 7.66. The van der Waals surface area contributed by atoms with Gasteiger partial charge in [0.1, 0.15) is 0 Å². The van der Waals surface area contributed by atoms with Crippen molar-refractivity contribution in [2.24, 2.45) is 5.92 Å². The van der Waals surface area contributed by atoms with Crippen LogP contribution in [0.1, 0.15) is 52.9 Å². The lowest BCUT2D eigenvalue weighted by atomic mass is 10.1. The van der Waals surface area contributed by atoms with E-state index in [4.69, 9.17) is 0 Å². The Morgan fingerprint density at radius 1 is 1.24 bits per heavy atom. The maximum Gasteiger partial charge on any atom is 0.154 e. The van der Waals surface area contributed by atoms with Crippen molar-refractivity contribution in [3.05, 3.63) is 0 Å². The zero-order valence-corrected chi connectivity index (χ0v) is 12.2. The van der Waals surface area contributed by atoms with Crippen molar-refractivity contribution in [2.45, 2.75) is 64.2 Å². The summed E-state index contributed by atoms with van der Waals surface area (Å²) in [5, 5.41) is 3.03. The molecule has 1 rings (SSSR count). The lowest BCUT2D eigenvalue weighted by Gasteiger charge is -2.24. The van der Waals surface area contributed by atoms with E-state index >= 15 is 0 Å². The first-order chi connectivity index (χ1) is 8.01. The molecule has 0 aliphatic heterocycles. The summed E-state index contributed by atoms with van der Waals surface area (Å²) in [5.74, 6) is 0.817. The van der Waals surface area contributed by atoms with E-state index in [0.717, 1.165) is 25.8 Å². The number of hydrogen-bond donors (Lipinski definition) is 1. The molecular weight excluding hydrogens is 234 g/mol. The Kier molecular flexibility index (Phi) is 5.93. The number of nitrogens with one attached hydrogen (secondary N) is 1. The van der Waals surface area contributed by atoms with E-state index < -0.39 is 9.84 Å². The molecule has 1 N–H and O–H groups in total. The van der Waals surface area contributed by atoms with Crippen molar-refractivity contribution < 1.29 is 8.42 Å². The van der Waals surface area contributed by atoms with E-state index in [1.165, 1.54) is 12.8 Å². The van der Waals surface area contributed by atoms with Gasteiger partial charge in [0.25, 0.3) is 0 Å². The van der Waals surface area contributed by atoms with Crippen molar-refractivity contribution in [3.63, 3.8) is 0 Å². The fourth-order valence-corrected chi connectivity index (χ4v) is 4.90. The SMILES string of the molecule is CCNC(CC)C(C)S(=O)(=O)CC1CCCC1. The Morgan fingerprint density at radius 3 is 2.29 bits per heavy atom. The number of sulfone groups is 1. The minimum Gasteiger partial charge on any atom is -0.313 e. The lowest BCUT2D eigenvalue weighted by Crippen LogP contribution is -2.43. The van der Waals surface area contributed by atoms with Crippen LogP contribution in [-0.2, 0) is 9.84 Å². The van der Waals surface area contributed by atoms with Crippen LogP contribution in [0.5, 0.6) is 0 Å². The van der Waals surface area contributed by atoms with Crippen LogP contribution in [0.2, 0.25) is 0 Å². The van der Waals surface area contributed by atoms with Crippen LogP contribution in [0.3, 0.4) is 0 Å². The van der Waals surface area contributed by atoms with Gasteiger partial charge in [-0.15, -0.1) is 0 Å². The zero-order chi connectivity index (χ0) is 12.9. The highest BCUT2D eigenvalue weighted by atomic mass is 32.2. The Balaban J connectivity index is 2.60. The third-order valence-electron chi connectivity index (χ3n) is 3.98. The Morgan fingerprint density at radius 2 is 1.82 bits per heavy atom. The molecule has 2 unspecified atom stereocenters. The van der Waals surface area contributed by atoms with Gasteiger partial charge in [-0.25, -0.2) is 8.42 Å². The Labute approximate surface area is 106 Å². The normalized spacial score (nSPS) is 21.6. The molecule has 0 saturated heterocycles. The van der Waals surface area contributed by atoms with Crippen molar-refractivity contribution in [3.8, 4) is 0 Å². The molecule has 4 heteroatoms. The van der Waals surface area contributed by atoms with Gasteiger partial charge >= 0.3 is 0 Å². The number of hydrogen-bond acceptors (Lipinski definition) is 3. The van der Waals surface area contributed by atoms with Gasteiger partial charge in [-0.3, -0.25) is 0 Å². The first kappa shape index (κ1) is 15.0. The van der Waals surface area contributed by atoms with E-state index in [0.29, 0.717) is 11.7 Å². The molecule has 0 heterocycles. The van der Waals surface area contributed by atoms with Gasteiger partial charge in [0, 0.05) is 6.04 Å². The summed E-state index contributed by atoms with van der Waals surface area (Å²) in [4.78, 5) is 0. The van der Waals surface area contributed by atoms with Gasteiger partial charge < -0.3 is 5.32 Å². The highest BCUT2D eigenvalue weighted by Crippen LogP contribution is 2.27. The molecule has 0 spiro atoms. The molecule has 102 valence electrons. The monoisotopic (exact) mass is 261 g/mol. The molecule has 0 aromatic carbocycles. The van der Waals surface area contributed by atoms with E-state index in [-0.39, 0.29) is 11.3 Å². The van der Waals surface area contributed by atoms with Crippen LogP contribution in [0.4, 0.5) is 0 Å². The van der Waals surface area contributed by atoms with Crippen LogP contribution < -0.4 is 5.32 Å². The van der Waals surface area contributed by atoms with Gasteiger partial charge in [-0.1, -0.05) is 26.7 Å². The van der Waals surface area contributed by atoms with Crippen LogP contribution in [0, 0.1) is 5.92 Å². The first-order valence-electron chi connectivity index (χ1n) is 6.96. The Hall–Kier alpha value is -0.0900. The molecule has 0 radical (unpaired) electrons. The summed E-state index contributed by atoms with van der Waals surface area (Å²) in [6, 6.07) is 0.103. The summed E-state index contributed by atoms with van der Waals surface area (Å²) in [6.45, 7) is 6.77. The van der Waals surface area contributed by atoms with E-state index in [9.17, 15) is 8.42 Å². The van der Waals surface area contributed by atoms with Crippen molar-refractivity contribution in [1.82, 2.24) is 5.32 Å². The van der Waals surface area contributed by atoms with Crippen molar-refractivity contribution in [2.75, 3.05) is 12.3 Å². The molecular formula is C13H27NO2S. The molecule has 2 atom stereocenters. The van der Waals surface area contributed by atoms with E-state index in [1.54, 1.807) is 0 Å². The van der Waals surface area contributed by atoms with E-state index in [2.05, 4.69) is 12.2 Å². The summed E-state index contributed by atoms with van der Waals surface area (Å²) in [6.07, 6.45) is 5.49. The molecule has 0 aromatic rings. The maximum atomic E-state index is 12.3. The van der Waals surface area contributed by atoms with Crippen LogP contribution in [-0.4, -0.2) is 32.0 Å². The predicted octanol–water partition coefficient (Wildman–Crippen LogP) is 2.37. The summed E-state index contributed by atoms with van der Waals surface area (Å²) in [5.41, 5.74) is 0. The largest absolute Gasteiger partial charge is 0.313 e. The molecule has 1 aliphatic carbocycles. The average Bonchev–Trinajstić information content (AvgIpc) is 2.76. The van der Waals surface area contributed by atoms with Crippen LogP contribution in [0.15, 0.2) is 0 Å². The predicted molar refractivity (Wildman–Crippen MR) is 73.0 cm³/mol. The summed E-state index contributed by atoms with van der Waals surface area (Å²) < 4.78 is 24.6. The standard InChI is InChI=1S/C13H27NO2S/c1-4-13(14-5-2)11(3)17(15,16)10-12-8-6-7-9-12/h11-14H,4-10H2,1-3H3. The topological polar surface area (TPSA) is 46.2 Å². The van der Waals surface area contributed by atoms with Gasteiger partial charge in [0.2, 0.25) is 0 Å². The molecule has 1 saturated carbocycles. The van der Waals surface area contributed by atoms with Gasteiger partial charge in [0.15, 0.2) is 9.84 Å². The minimum atomic E-state index is -2.94. The molecule has 0 aromatic heterocycles. The molecule has 17 heavy (non-hydrogen) atoms. The molecule has 1 fully saturated rings. The molecule has 0 amide bonds. The third-order valence-corrected chi connectivity index (χ3v) is 6.38. The number of rotatable bonds is 7. The average molecular weight is 261 g/mol. The Bertz CT molecular complexity index is 307. The maximum absolute atomic E-state index is 12.3. The first-order valence-corrected chi connectivity index (χ1v) is 8.67. The third kappa shape index (κ3) is 4.25. The van der Waals surface area contributed by atoms with Crippen LogP contribution >= 0.6 is 0 Å². The van der Waals surface area contributed by atoms with Gasteiger partial charge in [-0.05, 0) is 38.6 Å². The van der Waals surface area contributed by atoms with Crippen molar-refractivity contribution in [1.29, 1.82) is 0 Å². The second-order valence-electron chi connectivity index (χ2n) is 5.26. The van der Waals surface area contributed by atoms with Gasteiger partial charge in [-0.2, -0.15) is 0 Å². The fraction of sp³-hybridized carbons (Fsp3) is 1.00. The minimum absolute atomic E-state index is 0.103. The highest BCUT2D eigenvalue weighted by Gasteiger charge is 2.31. The second kappa shape index (κ2) is 6.74. The van der Waals surface area contributed by atoms with Crippen LogP contribution in [0.25, 0.3) is 0 Å². The van der Waals surface area contributed by atoms with E-state index in [1.807, 2.05) is 13.8 Å². The fourth-order valence-electron chi connectivity index (χ4n) is 2.81. The smallest absolute Gasteiger partial charge is 0.154 e. The molecule has 0 bridgehead atoms. The highest BCUT2D eigenvalue weighted by molar-refractivity contribution is 7.92. The zero-order valence-electron chi connectivity index (χ0n) is 11.4. The molecule has 3 nitrogen and oxygen atoms in total. The van der Waals surface area contributed by atoms with Gasteiger partial charge in [0.05, 0.1) is 11.0 Å². The quantitative estimate of drug-likeness (QED) is 0.765.